The number of hydrogen-bond donors (Lipinski definition) is 1. The third-order valence-corrected chi connectivity index (χ3v) is 3.78. The maximum atomic E-state index is 13.4. The van der Waals surface area contributed by atoms with Crippen molar-refractivity contribution in [2.45, 2.75) is 19.4 Å². The Morgan fingerprint density at radius 3 is 2.63 bits per heavy atom. The average molecular weight is 303 g/mol. The summed E-state index contributed by atoms with van der Waals surface area (Å²) in [5, 5.41) is 14.8. The summed E-state index contributed by atoms with van der Waals surface area (Å²) in [6.07, 6.45) is -0.577. The largest absolute Gasteiger partial charge is 0.388 e. The third-order valence-electron chi connectivity index (χ3n) is 3.00. The molecule has 1 atom stereocenters. The second-order valence-corrected chi connectivity index (χ2v) is 5.14. The van der Waals surface area contributed by atoms with Crippen molar-refractivity contribution in [2.24, 2.45) is 7.05 Å². The van der Waals surface area contributed by atoms with Crippen molar-refractivity contribution in [1.29, 1.82) is 0 Å². The standard InChI is InChI=1S/C13H13Cl2FN2O/c1-7-9(13(15)18(2)17-7)6-12(19)8-3-4-10(14)11(16)5-8/h3-5,12,19H,6H2,1-2H3. The molecule has 0 amide bonds. The van der Waals surface area contributed by atoms with Crippen LogP contribution >= 0.6 is 23.2 Å². The summed E-state index contributed by atoms with van der Waals surface area (Å²) in [6, 6.07) is 4.25. The lowest BCUT2D eigenvalue weighted by Crippen LogP contribution is -2.03. The summed E-state index contributed by atoms with van der Waals surface area (Å²) in [5.74, 6) is -0.549. The normalized spacial score (nSPS) is 12.7. The van der Waals surface area contributed by atoms with Crippen LogP contribution < -0.4 is 0 Å². The van der Waals surface area contributed by atoms with E-state index in [0.717, 1.165) is 11.3 Å². The molecule has 2 aromatic rings. The number of aryl methyl sites for hydroxylation is 2. The highest BCUT2D eigenvalue weighted by Gasteiger charge is 2.17. The second kappa shape index (κ2) is 5.49. The highest BCUT2D eigenvalue weighted by atomic mass is 35.5. The fourth-order valence-corrected chi connectivity index (χ4v) is 2.31. The summed E-state index contributed by atoms with van der Waals surface area (Å²) in [6.45, 7) is 1.82. The first-order valence-electron chi connectivity index (χ1n) is 5.71. The van der Waals surface area contributed by atoms with Gasteiger partial charge >= 0.3 is 0 Å². The molecule has 1 N–H and O–H groups in total. The van der Waals surface area contributed by atoms with Gasteiger partial charge in [0.05, 0.1) is 16.8 Å². The van der Waals surface area contributed by atoms with E-state index in [1.807, 2.05) is 6.92 Å². The predicted octanol–water partition coefficient (Wildman–Crippen LogP) is 3.45. The Kier molecular flexibility index (Phi) is 4.13. The smallest absolute Gasteiger partial charge is 0.142 e. The number of aromatic nitrogens is 2. The number of aliphatic hydroxyl groups excluding tert-OH is 1. The molecule has 0 bridgehead atoms. The van der Waals surface area contributed by atoms with Crippen LogP contribution in [0.1, 0.15) is 22.9 Å². The summed E-state index contributed by atoms with van der Waals surface area (Å²) in [7, 11) is 1.73. The van der Waals surface area contributed by atoms with Gasteiger partial charge in [0.2, 0.25) is 0 Å². The van der Waals surface area contributed by atoms with E-state index in [1.54, 1.807) is 17.8 Å². The monoisotopic (exact) mass is 302 g/mol. The molecule has 3 nitrogen and oxygen atoms in total. The van der Waals surface area contributed by atoms with Crippen LogP contribution in [0.3, 0.4) is 0 Å². The van der Waals surface area contributed by atoms with Gasteiger partial charge in [-0.1, -0.05) is 29.3 Å². The molecule has 1 unspecified atom stereocenters. The molecule has 0 saturated heterocycles. The molecular weight excluding hydrogens is 290 g/mol. The average Bonchev–Trinajstić information content (AvgIpc) is 2.59. The van der Waals surface area contributed by atoms with Gasteiger partial charge in [-0.05, 0) is 24.6 Å². The molecule has 0 aliphatic carbocycles. The fraction of sp³-hybridized carbons (Fsp3) is 0.308. The van der Waals surface area contributed by atoms with Crippen molar-refractivity contribution in [3.63, 3.8) is 0 Å². The molecule has 0 aliphatic rings. The molecule has 1 aromatic carbocycles. The molecule has 0 fully saturated rings. The van der Waals surface area contributed by atoms with Crippen LogP contribution in [-0.2, 0) is 13.5 Å². The summed E-state index contributed by atoms with van der Waals surface area (Å²) >= 11 is 11.7. The van der Waals surface area contributed by atoms with Gasteiger partial charge in [0.1, 0.15) is 11.0 Å². The number of benzene rings is 1. The van der Waals surface area contributed by atoms with Crippen LogP contribution in [-0.4, -0.2) is 14.9 Å². The Labute approximate surface area is 120 Å². The molecular formula is C13H13Cl2FN2O. The Bertz CT molecular complexity index is 613. The highest BCUT2D eigenvalue weighted by molar-refractivity contribution is 6.30. The van der Waals surface area contributed by atoms with Crippen molar-refractivity contribution < 1.29 is 9.50 Å². The van der Waals surface area contributed by atoms with Gasteiger partial charge in [-0.3, -0.25) is 4.68 Å². The van der Waals surface area contributed by atoms with E-state index in [4.69, 9.17) is 23.2 Å². The van der Waals surface area contributed by atoms with Crippen LogP contribution in [0, 0.1) is 12.7 Å². The van der Waals surface area contributed by atoms with Crippen molar-refractivity contribution in [2.75, 3.05) is 0 Å². The van der Waals surface area contributed by atoms with Crippen molar-refractivity contribution in [3.8, 4) is 0 Å². The third kappa shape index (κ3) is 2.91. The first-order chi connectivity index (χ1) is 8.90. The minimum atomic E-state index is -0.854. The van der Waals surface area contributed by atoms with Gasteiger partial charge in [0.25, 0.3) is 0 Å². The number of halogens is 3. The van der Waals surface area contributed by atoms with Gasteiger partial charge in [-0.15, -0.1) is 0 Å². The van der Waals surface area contributed by atoms with Gasteiger partial charge in [0.15, 0.2) is 0 Å². The van der Waals surface area contributed by atoms with Crippen LogP contribution in [0.4, 0.5) is 4.39 Å². The van der Waals surface area contributed by atoms with Gasteiger partial charge in [0, 0.05) is 19.0 Å². The summed E-state index contributed by atoms with van der Waals surface area (Å²) < 4.78 is 14.9. The van der Waals surface area contributed by atoms with Gasteiger partial charge < -0.3 is 5.11 Å². The van der Waals surface area contributed by atoms with E-state index in [9.17, 15) is 9.50 Å². The Morgan fingerprint density at radius 2 is 2.11 bits per heavy atom. The molecule has 2 rings (SSSR count). The highest BCUT2D eigenvalue weighted by Crippen LogP contribution is 2.27. The second-order valence-electron chi connectivity index (χ2n) is 4.37. The zero-order valence-electron chi connectivity index (χ0n) is 10.5. The van der Waals surface area contributed by atoms with Crippen LogP contribution in [0.2, 0.25) is 10.2 Å². The van der Waals surface area contributed by atoms with E-state index in [0.29, 0.717) is 10.7 Å². The number of aliphatic hydroxyl groups is 1. The molecule has 0 spiro atoms. The molecule has 1 heterocycles. The lowest BCUT2D eigenvalue weighted by Gasteiger charge is -2.11. The van der Waals surface area contributed by atoms with Crippen molar-refractivity contribution in [3.05, 3.63) is 51.0 Å². The van der Waals surface area contributed by atoms with E-state index < -0.39 is 11.9 Å². The van der Waals surface area contributed by atoms with E-state index in [2.05, 4.69) is 5.10 Å². The first-order valence-corrected chi connectivity index (χ1v) is 6.46. The first kappa shape index (κ1) is 14.3. The van der Waals surface area contributed by atoms with E-state index in [-0.39, 0.29) is 11.4 Å². The van der Waals surface area contributed by atoms with Crippen molar-refractivity contribution in [1.82, 2.24) is 9.78 Å². The maximum absolute atomic E-state index is 13.4. The quantitative estimate of drug-likeness (QED) is 0.943. The lowest BCUT2D eigenvalue weighted by molar-refractivity contribution is 0.178. The van der Waals surface area contributed by atoms with Crippen molar-refractivity contribution >= 4 is 23.2 Å². The minimum Gasteiger partial charge on any atom is -0.388 e. The van der Waals surface area contributed by atoms with Gasteiger partial charge in [-0.25, -0.2) is 4.39 Å². The van der Waals surface area contributed by atoms with Gasteiger partial charge in [-0.2, -0.15) is 5.10 Å². The zero-order valence-corrected chi connectivity index (χ0v) is 12.0. The molecule has 6 heteroatoms. The molecule has 1 aromatic heterocycles. The molecule has 0 aliphatic heterocycles. The van der Waals surface area contributed by atoms with E-state index in [1.165, 1.54) is 12.1 Å². The van der Waals surface area contributed by atoms with Crippen LogP contribution in [0.25, 0.3) is 0 Å². The number of rotatable bonds is 3. The maximum Gasteiger partial charge on any atom is 0.142 e. The lowest BCUT2D eigenvalue weighted by atomic mass is 10.0. The van der Waals surface area contributed by atoms with E-state index >= 15 is 0 Å². The number of hydrogen-bond acceptors (Lipinski definition) is 2. The Hall–Kier alpha value is -1.10. The zero-order chi connectivity index (χ0) is 14.2. The predicted molar refractivity (Wildman–Crippen MR) is 73.0 cm³/mol. The molecule has 19 heavy (non-hydrogen) atoms. The topological polar surface area (TPSA) is 38.0 Å². The molecule has 102 valence electrons. The SMILES string of the molecule is Cc1nn(C)c(Cl)c1CC(O)c1ccc(Cl)c(F)c1. The fourth-order valence-electron chi connectivity index (χ4n) is 1.94. The summed E-state index contributed by atoms with van der Waals surface area (Å²) in [4.78, 5) is 0. The molecule has 0 saturated carbocycles. The minimum absolute atomic E-state index is 0.0338. The van der Waals surface area contributed by atoms with Crippen LogP contribution in [0.5, 0.6) is 0 Å². The number of nitrogens with zero attached hydrogens (tertiary/aromatic N) is 2. The summed E-state index contributed by atoms with van der Waals surface area (Å²) in [5.41, 5.74) is 1.97. The Morgan fingerprint density at radius 1 is 1.42 bits per heavy atom. The Balaban J connectivity index is 2.25. The molecule has 0 radical (unpaired) electrons. The van der Waals surface area contributed by atoms with Crippen LogP contribution in [0.15, 0.2) is 18.2 Å².